The van der Waals surface area contributed by atoms with Crippen LogP contribution in [-0.2, 0) is 0 Å². The van der Waals surface area contributed by atoms with E-state index in [-0.39, 0.29) is 6.03 Å². The van der Waals surface area contributed by atoms with Gasteiger partial charge in [-0.2, -0.15) is 5.26 Å². The molecular formula is C13H15N3O. The Kier molecular flexibility index (Phi) is 2.76. The smallest absolute Gasteiger partial charge is 0.322 e. The molecular weight excluding hydrogens is 214 g/mol. The van der Waals surface area contributed by atoms with Crippen molar-refractivity contribution in [3.63, 3.8) is 0 Å². The molecule has 1 fully saturated rings. The zero-order valence-corrected chi connectivity index (χ0v) is 10.3. The van der Waals surface area contributed by atoms with E-state index in [9.17, 15) is 4.79 Å². The van der Waals surface area contributed by atoms with Crippen molar-refractivity contribution < 1.29 is 4.79 Å². The molecule has 1 aliphatic rings. The molecule has 1 aromatic rings. The van der Waals surface area contributed by atoms with Crippen molar-refractivity contribution in [1.29, 1.82) is 5.26 Å². The highest BCUT2D eigenvalue weighted by molar-refractivity contribution is 5.96. The quantitative estimate of drug-likeness (QED) is 0.800. The predicted molar refractivity (Wildman–Crippen MR) is 66.1 cm³/mol. The summed E-state index contributed by atoms with van der Waals surface area (Å²) < 4.78 is 0. The van der Waals surface area contributed by atoms with E-state index in [1.165, 1.54) is 0 Å². The molecule has 2 rings (SSSR count). The van der Waals surface area contributed by atoms with Gasteiger partial charge >= 0.3 is 6.03 Å². The lowest BCUT2D eigenvalue weighted by Gasteiger charge is -2.21. The fourth-order valence-electron chi connectivity index (χ4n) is 2.23. The largest absolute Gasteiger partial charge is 0.336 e. The first-order valence-corrected chi connectivity index (χ1v) is 5.62. The van der Waals surface area contributed by atoms with E-state index < -0.39 is 0 Å². The zero-order valence-electron chi connectivity index (χ0n) is 10.3. The molecule has 88 valence electrons. The number of hydrogen-bond acceptors (Lipinski definition) is 2. The number of nitrogens with one attached hydrogen (secondary N) is 1. The third kappa shape index (κ3) is 1.74. The van der Waals surface area contributed by atoms with Crippen LogP contribution < -0.4 is 10.2 Å². The zero-order chi connectivity index (χ0) is 12.6. The van der Waals surface area contributed by atoms with E-state index in [4.69, 9.17) is 5.26 Å². The van der Waals surface area contributed by atoms with Gasteiger partial charge in [-0.1, -0.05) is 0 Å². The van der Waals surface area contributed by atoms with E-state index in [1.54, 1.807) is 4.90 Å². The highest BCUT2D eigenvalue weighted by Crippen LogP contribution is 2.30. The van der Waals surface area contributed by atoms with Gasteiger partial charge in [0.1, 0.15) is 0 Å². The van der Waals surface area contributed by atoms with Crippen LogP contribution in [0.25, 0.3) is 0 Å². The number of aryl methyl sites for hydroxylation is 1. The predicted octanol–water partition coefficient (Wildman–Crippen LogP) is 2.01. The summed E-state index contributed by atoms with van der Waals surface area (Å²) >= 11 is 0. The topological polar surface area (TPSA) is 56.1 Å². The number of rotatable bonds is 1. The minimum absolute atomic E-state index is 0.0781. The average Bonchev–Trinajstić information content (AvgIpc) is 2.71. The number of nitrogens with zero attached hydrogens (tertiary/aromatic N) is 2. The standard InChI is InChI=1S/C13H15N3O/c1-8-6-11(7-14)10(3)12(9(8)2)16-5-4-15-13(16)17/h6H,4-5H2,1-3H3,(H,15,17). The fraction of sp³-hybridized carbons (Fsp3) is 0.385. The van der Waals surface area contributed by atoms with Crippen molar-refractivity contribution in [3.05, 3.63) is 28.3 Å². The number of benzene rings is 1. The summed E-state index contributed by atoms with van der Waals surface area (Å²) in [4.78, 5) is 13.4. The number of urea groups is 1. The molecule has 0 aliphatic carbocycles. The molecule has 0 unspecified atom stereocenters. The van der Waals surface area contributed by atoms with Gasteiger partial charge in [0.25, 0.3) is 0 Å². The first-order valence-electron chi connectivity index (χ1n) is 5.62. The Labute approximate surface area is 101 Å². The lowest BCUT2D eigenvalue weighted by atomic mass is 9.98. The van der Waals surface area contributed by atoms with E-state index in [2.05, 4.69) is 11.4 Å². The van der Waals surface area contributed by atoms with Crippen LogP contribution in [-0.4, -0.2) is 19.1 Å². The molecule has 0 bridgehead atoms. The second kappa shape index (κ2) is 4.10. The van der Waals surface area contributed by atoms with Gasteiger partial charge in [-0.25, -0.2) is 4.79 Å². The number of hydrogen-bond donors (Lipinski definition) is 1. The van der Waals surface area contributed by atoms with E-state index in [0.29, 0.717) is 18.7 Å². The Morgan fingerprint density at radius 1 is 1.35 bits per heavy atom. The summed E-state index contributed by atoms with van der Waals surface area (Å²) in [6.45, 7) is 7.17. The maximum absolute atomic E-state index is 11.7. The minimum Gasteiger partial charge on any atom is -0.336 e. The highest BCUT2D eigenvalue weighted by atomic mass is 16.2. The van der Waals surface area contributed by atoms with Crippen LogP contribution in [0.15, 0.2) is 6.07 Å². The van der Waals surface area contributed by atoms with Gasteiger partial charge in [-0.3, -0.25) is 4.90 Å². The molecule has 1 heterocycles. The van der Waals surface area contributed by atoms with Crippen molar-refractivity contribution in [2.45, 2.75) is 20.8 Å². The average molecular weight is 229 g/mol. The summed E-state index contributed by atoms with van der Waals surface area (Å²) in [5.41, 5.74) is 4.52. The monoisotopic (exact) mass is 229 g/mol. The van der Waals surface area contributed by atoms with Crippen molar-refractivity contribution in [2.24, 2.45) is 0 Å². The first kappa shape index (κ1) is 11.5. The number of amides is 2. The van der Waals surface area contributed by atoms with Crippen LogP contribution in [0.2, 0.25) is 0 Å². The summed E-state index contributed by atoms with van der Waals surface area (Å²) in [7, 11) is 0. The highest BCUT2D eigenvalue weighted by Gasteiger charge is 2.25. The summed E-state index contributed by atoms with van der Waals surface area (Å²) in [5.74, 6) is 0. The second-order valence-electron chi connectivity index (χ2n) is 4.34. The molecule has 1 aliphatic heterocycles. The van der Waals surface area contributed by atoms with Crippen LogP contribution in [0.1, 0.15) is 22.3 Å². The van der Waals surface area contributed by atoms with Crippen LogP contribution in [0.3, 0.4) is 0 Å². The van der Waals surface area contributed by atoms with E-state index in [1.807, 2.05) is 26.8 Å². The van der Waals surface area contributed by atoms with Gasteiger partial charge < -0.3 is 5.32 Å². The van der Waals surface area contributed by atoms with Gasteiger partial charge in [-0.05, 0) is 43.5 Å². The normalized spacial score (nSPS) is 14.7. The molecule has 1 aromatic carbocycles. The molecule has 1 saturated heterocycles. The van der Waals surface area contributed by atoms with Crippen molar-refractivity contribution >= 4 is 11.7 Å². The Morgan fingerprint density at radius 2 is 2.06 bits per heavy atom. The van der Waals surface area contributed by atoms with Crippen LogP contribution in [0.4, 0.5) is 10.5 Å². The van der Waals surface area contributed by atoms with Crippen molar-refractivity contribution in [1.82, 2.24) is 5.32 Å². The van der Waals surface area contributed by atoms with Crippen molar-refractivity contribution in [2.75, 3.05) is 18.0 Å². The molecule has 0 atom stereocenters. The van der Waals surface area contributed by atoms with Gasteiger partial charge in [0.2, 0.25) is 0 Å². The van der Waals surface area contributed by atoms with Gasteiger partial charge in [-0.15, -0.1) is 0 Å². The molecule has 4 heteroatoms. The minimum atomic E-state index is -0.0781. The Hall–Kier alpha value is -2.02. The molecule has 0 spiro atoms. The number of anilines is 1. The molecule has 0 aromatic heterocycles. The maximum atomic E-state index is 11.7. The second-order valence-corrected chi connectivity index (χ2v) is 4.34. The van der Waals surface area contributed by atoms with Crippen LogP contribution in [0.5, 0.6) is 0 Å². The van der Waals surface area contributed by atoms with Crippen molar-refractivity contribution in [3.8, 4) is 6.07 Å². The van der Waals surface area contributed by atoms with Gasteiger partial charge in [0.15, 0.2) is 0 Å². The Bertz CT molecular complexity index is 528. The summed E-state index contributed by atoms with van der Waals surface area (Å²) in [6.07, 6.45) is 0. The Balaban J connectivity index is 2.64. The SMILES string of the molecule is Cc1cc(C#N)c(C)c(N2CCNC2=O)c1C. The molecule has 2 amide bonds. The lowest BCUT2D eigenvalue weighted by Crippen LogP contribution is -2.29. The Morgan fingerprint density at radius 3 is 2.59 bits per heavy atom. The number of carbonyl (C=O) groups is 1. The molecule has 1 N–H and O–H groups in total. The lowest BCUT2D eigenvalue weighted by molar-refractivity contribution is 0.252. The van der Waals surface area contributed by atoms with E-state index in [0.717, 1.165) is 22.4 Å². The van der Waals surface area contributed by atoms with Crippen LogP contribution >= 0.6 is 0 Å². The third-order valence-corrected chi connectivity index (χ3v) is 3.31. The number of nitriles is 1. The summed E-state index contributed by atoms with van der Waals surface area (Å²) in [6, 6.07) is 3.98. The fourth-order valence-corrected chi connectivity index (χ4v) is 2.23. The molecule has 17 heavy (non-hydrogen) atoms. The summed E-state index contributed by atoms with van der Waals surface area (Å²) in [5, 5.41) is 11.9. The van der Waals surface area contributed by atoms with Crippen LogP contribution in [0, 0.1) is 32.1 Å². The van der Waals surface area contributed by atoms with Gasteiger partial charge in [0.05, 0.1) is 17.3 Å². The van der Waals surface area contributed by atoms with E-state index >= 15 is 0 Å². The van der Waals surface area contributed by atoms with Gasteiger partial charge in [0, 0.05) is 13.1 Å². The molecule has 4 nitrogen and oxygen atoms in total. The number of carbonyl (C=O) groups excluding carboxylic acids is 1. The maximum Gasteiger partial charge on any atom is 0.322 e. The third-order valence-electron chi connectivity index (χ3n) is 3.31. The first-order chi connectivity index (χ1) is 8.06. The molecule has 0 saturated carbocycles. The molecule has 0 radical (unpaired) electrons.